The molecular weight excluding hydrogens is 534 g/mol. The third-order valence-electron chi connectivity index (χ3n) is 5.95. The predicted octanol–water partition coefficient (Wildman–Crippen LogP) is -0.457. The Morgan fingerprint density at radius 1 is 0.707 bits per heavy atom. The number of aromatic hydroxyl groups is 2. The third-order valence-corrected chi connectivity index (χ3v) is 5.95. The molecule has 0 aliphatic carbocycles. The van der Waals surface area contributed by atoms with Crippen molar-refractivity contribution in [2.24, 2.45) is 11.7 Å². The SMILES string of the molecule is CC(C)C[C@H](N)C(=O)N[C@@H](Cc1ccc(O)cc1)C(=O)NCC(=O)NCC(=O)N[C@@H](Cc1ccc(O)cc1)C(=O)O. The Labute approximate surface area is 237 Å². The molecule has 0 bridgehead atoms. The van der Waals surface area contributed by atoms with Crippen LogP contribution in [0.1, 0.15) is 31.4 Å². The Bertz CT molecular complexity index is 1200. The number of carboxylic acids is 1. The summed E-state index contributed by atoms with van der Waals surface area (Å²) >= 11 is 0. The first-order valence-electron chi connectivity index (χ1n) is 13.0. The maximum absolute atomic E-state index is 12.9. The average molecular weight is 572 g/mol. The molecule has 0 fully saturated rings. The van der Waals surface area contributed by atoms with E-state index in [2.05, 4.69) is 21.3 Å². The largest absolute Gasteiger partial charge is 0.508 e. The summed E-state index contributed by atoms with van der Waals surface area (Å²) in [5.41, 5.74) is 7.16. The lowest BCUT2D eigenvalue weighted by Gasteiger charge is -2.21. The highest BCUT2D eigenvalue weighted by Gasteiger charge is 2.25. The van der Waals surface area contributed by atoms with Gasteiger partial charge in [-0.3, -0.25) is 19.2 Å². The van der Waals surface area contributed by atoms with Crippen LogP contribution in [-0.4, -0.2) is 76.1 Å². The Hall–Kier alpha value is -4.65. The number of aliphatic carboxylic acids is 1. The quantitative estimate of drug-likeness (QED) is 0.138. The molecule has 0 unspecified atom stereocenters. The molecule has 3 atom stereocenters. The second kappa shape index (κ2) is 15.8. The molecule has 0 radical (unpaired) electrons. The number of phenolic OH excluding ortho intramolecular Hbond substituents is 2. The first-order valence-corrected chi connectivity index (χ1v) is 13.0. The number of carboxylic acid groups (broad SMARTS) is 1. The minimum Gasteiger partial charge on any atom is -0.508 e. The van der Waals surface area contributed by atoms with Crippen molar-refractivity contribution in [3.8, 4) is 11.5 Å². The molecule has 0 heterocycles. The first kappa shape index (κ1) is 32.6. The van der Waals surface area contributed by atoms with Crippen LogP contribution in [-0.2, 0) is 36.8 Å². The minimum atomic E-state index is -1.28. The summed E-state index contributed by atoms with van der Waals surface area (Å²) in [5.74, 6) is -3.74. The molecule has 0 aromatic heterocycles. The van der Waals surface area contributed by atoms with E-state index in [9.17, 15) is 39.3 Å². The molecule has 0 saturated carbocycles. The number of carbonyl (C=O) groups is 5. The lowest BCUT2D eigenvalue weighted by atomic mass is 10.0. The maximum Gasteiger partial charge on any atom is 0.326 e. The summed E-state index contributed by atoms with van der Waals surface area (Å²) in [6, 6.07) is 8.72. The van der Waals surface area contributed by atoms with Crippen LogP contribution in [0.4, 0.5) is 0 Å². The molecule has 0 aliphatic rings. The third kappa shape index (κ3) is 12.0. The standard InChI is InChI=1S/C28H37N5O8/c1-16(2)11-21(29)26(38)33-22(12-17-3-7-19(34)8-4-17)27(39)31-14-24(36)30-15-25(37)32-23(28(40)41)13-18-5-9-20(35)10-6-18/h3-10,16,21-23,34-35H,11-15,29H2,1-2H3,(H,30,36)(H,31,39)(H,32,37)(H,33,38)(H,40,41)/t21-,22-,23-/m0/s1. The number of nitrogens with one attached hydrogen (secondary N) is 4. The van der Waals surface area contributed by atoms with Gasteiger partial charge >= 0.3 is 5.97 Å². The first-order chi connectivity index (χ1) is 19.3. The number of amides is 4. The van der Waals surface area contributed by atoms with Crippen molar-refractivity contribution in [1.29, 1.82) is 0 Å². The number of hydrogen-bond acceptors (Lipinski definition) is 8. The van der Waals surface area contributed by atoms with E-state index in [1.807, 2.05) is 13.8 Å². The summed E-state index contributed by atoms with van der Waals surface area (Å²) in [6.45, 7) is 2.77. The van der Waals surface area contributed by atoms with Gasteiger partial charge in [-0.1, -0.05) is 38.1 Å². The molecule has 2 aromatic rings. The van der Waals surface area contributed by atoms with E-state index in [4.69, 9.17) is 5.73 Å². The highest BCUT2D eigenvalue weighted by Crippen LogP contribution is 2.13. The molecule has 4 amide bonds. The van der Waals surface area contributed by atoms with Gasteiger partial charge in [0.15, 0.2) is 0 Å². The highest BCUT2D eigenvalue weighted by molar-refractivity contribution is 5.93. The second-order valence-corrected chi connectivity index (χ2v) is 9.99. The van der Waals surface area contributed by atoms with Gasteiger partial charge in [-0.25, -0.2) is 4.79 Å². The summed E-state index contributed by atoms with van der Waals surface area (Å²) < 4.78 is 0. The van der Waals surface area contributed by atoms with E-state index in [0.717, 1.165) is 0 Å². The lowest BCUT2D eigenvalue weighted by Crippen LogP contribution is -2.54. The monoisotopic (exact) mass is 571 g/mol. The molecule has 0 aliphatic heterocycles. The number of hydrogen-bond donors (Lipinski definition) is 8. The van der Waals surface area contributed by atoms with Gasteiger partial charge in [-0.05, 0) is 47.7 Å². The number of carbonyl (C=O) groups excluding carboxylic acids is 4. The molecule has 222 valence electrons. The van der Waals surface area contributed by atoms with Gasteiger partial charge in [-0.2, -0.15) is 0 Å². The Morgan fingerprint density at radius 2 is 1.20 bits per heavy atom. The molecule has 2 rings (SSSR count). The fourth-order valence-electron chi connectivity index (χ4n) is 3.82. The van der Waals surface area contributed by atoms with Gasteiger partial charge in [0.2, 0.25) is 23.6 Å². The van der Waals surface area contributed by atoms with Crippen molar-refractivity contribution in [3.63, 3.8) is 0 Å². The zero-order chi connectivity index (χ0) is 30.5. The van der Waals surface area contributed by atoms with Crippen molar-refractivity contribution in [2.45, 2.75) is 51.2 Å². The maximum atomic E-state index is 12.9. The van der Waals surface area contributed by atoms with Crippen LogP contribution >= 0.6 is 0 Å². The van der Waals surface area contributed by atoms with Crippen molar-refractivity contribution in [1.82, 2.24) is 21.3 Å². The fraction of sp³-hybridized carbons (Fsp3) is 0.393. The van der Waals surface area contributed by atoms with E-state index < -0.39 is 60.8 Å². The van der Waals surface area contributed by atoms with E-state index in [1.54, 1.807) is 12.1 Å². The Balaban J connectivity index is 1.91. The van der Waals surface area contributed by atoms with Crippen LogP contribution in [0.3, 0.4) is 0 Å². The molecule has 41 heavy (non-hydrogen) atoms. The van der Waals surface area contributed by atoms with Crippen molar-refractivity contribution in [3.05, 3.63) is 59.7 Å². The van der Waals surface area contributed by atoms with Crippen LogP contribution in [0.25, 0.3) is 0 Å². The normalized spacial score (nSPS) is 13.0. The number of phenols is 2. The van der Waals surface area contributed by atoms with E-state index >= 15 is 0 Å². The van der Waals surface area contributed by atoms with Gasteiger partial charge < -0.3 is 42.3 Å². The van der Waals surface area contributed by atoms with Crippen LogP contribution in [0.15, 0.2) is 48.5 Å². The van der Waals surface area contributed by atoms with Crippen LogP contribution in [0.2, 0.25) is 0 Å². The van der Waals surface area contributed by atoms with Gasteiger partial charge in [0.1, 0.15) is 23.6 Å². The Kier molecular flexibility index (Phi) is 12.6. The zero-order valence-electron chi connectivity index (χ0n) is 22.9. The Morgan fingerprint density at radius 3 is 1.68 bits per heavy atom. The topological polar surface area (TPSA) is 220 Å². The van der Waals surface area contributed by atoms with Crippen molar-refractivity contribution in [2.75, 3.05) is 13.1 Å². The van der Waals surface area contributed by atoms with Crippen molar-refractivity contribution >= 4 is 29.6 Å². The average Bonchev–Trinajstić information content (AvgIpc) is 2.91. The number of nitrogens with two attached hydrogens (primary N) is 1. The van der Waals surface area contributed by atoms with Crippen LogP contribution in [0.5, 0.6) is 11.5 Å². The molecule has 0 spiro atoms. The van der Waals surface area contributed by atoms with Crippen molar-refractivity contribution < 1.29 is 39.3 Å². The lowest BCUT2D eigenvalue weighted by molar-refractivity contribution is -0.141. The van der Waals surface area contributed by atoms with Gasteiger partial charge in [0, 0.05) is 12.8 Å². The molecule has 2 aromatic carbocycles. The molecule has 13 heteroatoms. The molecule has 13 nitrogen and oxygen atoms in total. The zero-order valence-corrected chi connectivity index (χ0v) is 22.9. The molecular formula is C28H37N5O8. The smallest absolute Gasteiger partial charge is 0.326 e. The number of benzene rings is 2. The number of rotatable bonds is 15. The predicted molar refractivity (Wildman–Crippen MR) is 149 cm³/mol. The summed E-state index contributed by atoms with van der Waals surface area (Å²) in [6.07, 6.45) is 0.426. The molecule has 0 saturated heterocycles. The van der Waals surface area contributed by atoms with Crippen LogP contribution < -0.4 is 27.0 Å². The van der Waals surface area contributed by atoms with E-state index in [0.29, 0.717) is 17.5 Å². The van der Waals surface area contributed by atoms with Gasteiger partial charge in [0.05, 0.1) is 19.1 Å². The minimum absolute atomic E-state index is 0.0169. The summed E-state index contributed by atoms with van der Waals surface area (Å²) in [4.78, 5) is 61.6. The summed E-state index contributed by atoms with van der Waals surface area (Å²) in [5, 5.41) is 37.9. The van der Waals surface area contributed by atoms with Crippen LogP contribution in [0, 0.1) is 5.92 Å². The van der Waals surface area contributed by atoms with Gasteiger partial charge in [-0.15, -0.1) is 0 Å². The second-order valence-electron chi connectivity index (χ2n) is 9.99. The van der Waals surface area contributed by atoms with Gasteiger partial charge in [0.25, 0.3) is 0 Å². The summed E-state index contributed by atoms with van der Waals surface area (Å²) in [7, 11) is 0. The highest BCUT2D eigenvalue weighted by atomic mass is 16.4. The molecule has 9 N–H and O–H groups in total. The fourth-order valence-corrected chi connectivity index (χ4v) is 3.82. The van der Waals surface area contributed by atoms with E-state index in [-0.39, 0.29) is 30.3 Å². The van der Waals surface area contributed by atoms with E-state index in [1.165, 1.54) is 36.4 Å².